The molecule has 0 aliphatic heterocycles. The molecule has 0 bridgehead atoms. The van der Waals surface area contributed by atoms with Crippen LogP contribution in [0.3, 0.4) is 0 Å². The lowest BCUT2D eigenvalue weighted by Gasteiger charge is -2.43. The van der Waals surface area contributed by atoms with E-state index in [-0.39, 0.29) is 28.1 Å². The van der Waals surface area contributed by atoms with Crippen LogP contribution < -0.4 is 5.30 Å². The van der Waals surface area contributed by atoms with E-state index in [2.05, 4.69) is 113 Å². The summed E-state index contributed by atoms with van der Waals surface area (Å²) in [5.74, 6) is 0.681. The van der Waals surface area contributed by atoms with Crippen molar-refractivity contribution in [1.29, 1.82) is 0 Å². The predicted molar refractivity (Wildman–Crippen MR) is 171 cm³/mol. The first kappa shape index (κ1) is 32.4. The van der Waals surface area contributed by atoms with Gasteiger partial charge >= 0.3 is 6.18 Å². The van der Waals surface area contributed by atoms with Gasteiger partial charge in [-0.15, -0.1) is 0 Å². The highest BCUT2D eigenvalue weighted by molar-refractivity contribution is 7.68. The highest BCUT2D eigenvalue weighted by atomic mass is 31.1. The van der Waals surface area contributed by atoms with Gasteiger partial charge in [0.1, 0.15) is 0 Å². The molecule has 3 aromatic rings. The van der Waals surface area contributed by atoms with Crippen molar-refractivity contribution in [2.75, 3.05) is 0 Å². The van der Waals surface area contributed by atoms with Gasteiger partial charge in [0.2, 0.25) is 0 Å². The molecule has 0 spiro atoms. The van der Waals surface area contributed by atoms with Crippen LogP contribution in [0.2, 0.25) is 0 Å². The van der Waals surface area contributed by atoms with Crippen molar-refractivity contribution in [3.05, 3.63) is 76.9 Å². The highest BCUT2D eigenvalue weighted by Gasteiger charge is 2.38. The molecule has 0 amide bonds. The minimum absolute atomic E-state index is 0.0911. The number of benzene rings is 3. The Bertz CT molecular complexity index is 1300. The van der Waals surface area contributed by atoms with Gasteiger partial charge in [-0.3, -0.25) is 0 Å². The molecule has 0 aliphatic carbocycles. The van der Waals surface area contributed by atoms with Crippen molar-refractivity contribution in [3.8, 4) is 22.3 Å². The molecule has 0 fully saturated rings. The summed E-state index contributed by atoms with van der Waals surface area (Å²) in [6.07, 6.45) is -4.36. The van der Waals surface area contributed by atoms with Crippen LogP contribution in [0.25, 0.3) is 22.3 Å². The van der Waals surface area contributed by atoms with E-state index in [9.17, 15) is 13.2 Å². The zero-order valence-electron chi connectivity index (χ0n) is 26.5. The Kier molecular flexibility index (Phi) is 9.42. The van der Waals surface area contributed by atoms with E-state index >= 15 is 0 Å². The molecule has 0 atom stereocenters. The minimum Gasteiger partial charge on any atom is -0.166 e. The lowest BCUT2D eigenvalue weighted by atomic mass is 9.76. The number of hydrogen-bond acceptors (Lipinski definition) is 0. The molecule has 4 heteroatoms. The average Bonchev–Trinajstić information content (AvgIpc) is 2.80. The van der Waals surface area contributed by atoms with Crippen LogP contribution >= 0.6 is 7.92 Å². The number of rotatable bonds is 6. The first-order valence-electron chi connectivity index (χ1n) is 14.5. The molecule has 0 unspecified atom stereocenters. The zero-order chi connectivity index (χ0) is 30.4. The molecule has 3 aromatic carbocycles. The SMILES string of the molecule is CC(C)c1cc(C(C)C)c(-c2ccccc2P(C(C)(C)C)C(C)(C)C)c(C(C)C)c1-c1ccc(C(F)(F)F)cc1. The zero-order valence-corrected chi connectivity index (χ0v) is 27.4. The Hall–Kier alpha value is -2.12. The van der Waals surface area contributed by atoms with Gasteiger partial charge in [0.05, 0.1) is 5.56 Å². The van der Waals surface area contributed by atoms with Crippen molar-refractivity contribution in [2.45, 2.75) is 117 Å². The van der Waals surface area contributed by atoms with Gasteiger partial charge in [-0.25, -0.2) is 0 Å². The molecule has 0 N–H and O–H groups in total. The largest absolute Gasteiger partial charge is 0.416 e. The second kappa shape index (κ2) is 11.6. The summed E-state index contributed by atoms with van der Waals surface area (Å²) in [5, 5.41) is 1.58. The summed E-state index contributed by atoms with van der Waals surface area (Å²) in [6.45, 7) is 27.4. The molecule has 218 valence electrons. The third-order valence-electron chi connectivity index (χ3n) is 7.51. The molecular formula is C36H48F3P. The second-order valence-electron chi connectivity index (χ2n) is 14.0. The molecule has 0 heterocycles. The van der Waals surface area contributed by atoms with Gasteiger partial charge in [-0.1, -0.05) is 133 Å². The van der Waals surface area contributed by atoms with Crippen LogP contribution in [-0.4, -0.2) is 10.3 Å². The first-order chi connectivity index (χ1) is 18.3. The lowest BCUT2D eigenvalue weighted by Crippen LogP contribution is -2.32. The summed E-state index contributed by atoms with van der Waals surface area (Å²) in [5.41, 5.74) is 7.61. The van der Waals surface area contributed by atoms with Gasteiger partial charge in [0, 0.05) is 0 Å². The van der Waals surface area contributed by atoms with Crippen LogP contribution in [0.1, 0.15) is 123 Å². The molecule has 0 radical (unpaired) electrons. The molecule has 0 nitrogen and oxygen atoms in total. The van der Waals surface area contributed by atoms with Crippen LogP contribution in [-0.2, 0) is 6.18 Å². The minimum atomic E-state index is -4.36. The van der Waals surface area contributed by atoms with Crippen LogP contribution in [0.15, 0.2) is 54.6 Å². The van der Waals surface area contributed by atoms with Gasteiger partial charge in [-0.05, 0) is 84.4 Å². The summed E-state index contributed by atoms with van der Waals surface area (Å²) >= 11 is 0. The van der Waals surface area contributed by atoms with Gasteiger partial charge in [-0.2, -0.15) is 13.2 Å². The van der Waals surface area contributed by atoms with Crippen molar-refractivity contribution in [2.24, 2.45) is 0 Å². The number of halogens is 3. The highest BCUT2D eigenvalue weighted by Crippen LogP contribution is 2.60. The monoisotopic (exact) mass is 568 g/mol. The molecule has 0 saturated carbocycles. The van der Waals surface area contributed by atoms with Crippen molar-refractivity contribution < 1.29 is 13.2 Å². The summed E-state index contributed by atoms with van der Waals surface area (Å²) in [4.78, 5) is 0. The maximum absolute atomic E-state index is 13.5. The lowest BCUT2D eigenvalue weighted by molar-refractivity contribution is -0.137. The maximum atomic E-state index is 13.5. The molecule has 40 heavy (non-hydrogen) atoms. The molecule has 0 aliphatic rings. The standard InChI is InChI=1S/C36H48F3P/c1-22(2)28-21-29(23(3)4)33(27-15-13-14-16-30(27)40(34(7,8)9)35(10,11)12)31(24(5)6)32(28)25-17-19-26(20-18-25)36(37,38)39/h13-24H,1-12H3. The van der Waals surface area contributed by atoms with Crippen LogP contribution in [0.5, 0.6) is 0 Å². The smallest absolute Gasteiger partial charge is 0.166 e. The van der Waals surface area contributed by atoms with E-state index in [1.165, 1.54) is 45.3 Å². The van der Waals surface area contributed by atoms with E-state index in [0.29, 0.717) is 0 Å². The Balaban J connectivity index is 2.55. The Morgan fingerprint density at radius 3 is 1.50 bits per heavy atom. The van der Waals surface area contributed by atoms with Crippen molar-refractivity contribution >= 4 is 13.2 Å². The quantitative estimate of drug-likeness (QED) is 0.259. The summed E-state index contributed by atoms with van der Waals surface area (Å²) in [7, 11) is -0.572. The predicted octanol–water partition coefficient (Wildman–Crippen LogP) is 12.1. The number of alkyl halides is 3. The van der Waals surface area contributed by atoms with E-state index in [1.54, 1.807) is 12.1 Å². The summed E-state index contributed by atoms with van der Waals surface area (Å²) in [6, 6.07) is 17.0. The molecule has 0 saturated heterocycles. The van der Waals surface area contributed by atoms with Crippen molar-refractivity contribution in [3.63, 3.8) is 0 Å². The van der Waals surface area contributed by atoms with Crippen LogP contribution in [0, 0.1) is 0 Å². The fourth-order valence-electron chi connectivity index (χ4n) is 6.29. The Morgan fingerprint density at radius 2 is 1.07 bits per heavy atom. The Labute approximate surface area is 242 Å². The molecular weight excluding hydrogens is 520 g/mol. The third kappa shape index (κ3) is 6.67. The molecule has 3 rings (SSSR count). The third-order valence-corrected chi connectivity index (χ3v) is 11.1. The van der Waals surface area contributed by atoms with E-state index in [1.807, 2.05) is 0 Å². The molecule has 0 aromatic heterocycles. The Morgan fingerprint density at radius 1 is 0.600 bits per heavy atom. The van der Waals surface area contributed by atoms with E-state index in [4.69, 9.17) is 0 Å². The normalized spacial score (nSPS) is 13.3. The fourth-order valence-corrected chi connectivity index (χ4v) is 10.4. The van der Waals surface area contributed by atoms with Crippen molar-refractivity contribution in [1.82, 2.24) is 0 Å². The fraction of sp³-hybridized carbons (Fsp3) is 0.500. The van der Waals surface area contributed by atoms with Gasteiger partial charge in [0.25, 0.3) is 0 Å². The summed E-state index contributed by atoms with van der Waals surface area (Å²) < 4.78 is 40.4. The maximum Gasteiger partial charge on any atom is 0.416 e. The number of hydrogen-bond donors (Lipinski definition) is 0. The van der Waals surface area contributed by atoms with E-state index in [0.717, 1.165) is 11.1 Å². The topological polar surface area (TPSA) is 0 Å². The van der Waals surface area contributed by atoms with Gasteiger partial charge in [0.15, 0.2) is 0 Å². The van der Waals surface area contributed by atoms with Gasteiger partial charge < -0.3 is 0 Å². The second-order valence-corrected chi connectivity index (χ2v) is 17.8. The van der Waals surface area contributed by atoms with Crippen LogP contribution in [0.4, 0.5) is 13.2 Å². The average molecular weight is 569 g/mol. The van der Waals surface area contributed by atoms with E-state index < -0.39 is 19.7 Å². The first-order valence-corrected chi connectivity index (χ1v) is 15.9.